The van der Waals surface area contributed by atoms with E-state index in [1.165, 1.54) is 4.90 Å². The molecule has 6 nitrogen and oxygen atoms in total. The molecule has 1 atom stereocenters. The molecule has 7 heteroatoms. The third kappa shape index (κ3) is 4.98. The molecule has 2 aromatic carbocycles. The molecule has 0 spiro atoms. The van der Waals surface area contributed by atoms with Gasteiger partial charge in [-0.1, -0.05) is 36.4 Å². The van der Waals surface area contributed by atoms with Crippen molar-refractivity contribution in [3.63, 3.8) is 0 Å². The van der Waals surface area contributed by atoms with Crippen molar-refractivity contribution in [2.75, 3.05) is 33.8 Å². The highest BCUT2D eigenvalue weighted by Gasteiger charge is 2.45. The minimum Gasteiger partial charge on any atom is -0.507 e. The molecule has 1 heterocycles. The number of hydrogen-bond acceptors (Lipinski definition) is 5. The van der Waals surface area contributed by atoms with Gasteiger partial charge in [-0.2, -0.15) is 0 Å². The van der Waals surface area contributed by atoms with E-state index in [2.05, 4.69) is 6.58 Å². The molecule has 1 saturated heterocycles. The molecule has 1 amide bonds. The Morgan fingerprint density at radius 1 is 1.16 bits per heavy atom. The summed E-state index contributed by atoms with van der Waals surface area (Å²) in [5.41, 5.74) is 1.19. The predicted molar refractivity (Wildman–Crippen MR) is 121 cm³/mol. The van der Waals surface area contributed by atoms with Crippen molar-refractivity contribution in [3.8, 4) is 5.75 Å². The molecule has 1 N–H and O–H groups in total. The Morgan fingerprint density at radius 3 is 2.39 bits per heavy atom. The number of carbonyl (C=O) groups excluding carboxylic acids is 2. The quantitative estimate of drug-likeness (QED) is 0.292. The first-order valence-electron chi connectivity index (χ1n) is 9.86. The first kappa shape index (κ1) is 22.6. The number of likely N-dealkylation sites (tertiary alicyclic amines) is 1. The van der Waals surface area contributed by atoms with Crippen LogP contribution in [0.25, 0.3) is 5.76 Å². The Labute approximate surface area is 187 Å². The van der Waals surface area contributed by atoms with Crippen LogP contribution in [0.3, 0.4) is 0 Å². The number of rotatable bonds is 8. The number of likely N-dealkylation sites (N-methyl/N-ethyl adjacent to an activating group) is 1. The average molecular weight is 441 g/mol. The summed E-state index contributed by atoms with van der Waals surface area (Å²) in [6.07, 6.45) is 1.63. The Hall–Kier alpha value is -3.09. The molecule has 1 aliphatic rings. The molecule has 162 valence electrons. The normalized spacial score (nSPS) is 17.9. The largest absolute Gasteiger partial charge is 0.507 e. The number of ether oxygens (including phenoxy) is 1. The minimum atomic E-state index is -0.705. The average Bonchev–Trinajstić information content (AvgIpc) is 3.01. The van der Waals surface area contributed by atoms with E-state index in [1.807, 2.05) is 19.0 Å². The lowest BCUT2D eigenvalue weighted by atomic mass is 9.95. The first-order valence-corrected chi connectivity index (χ1v) is 10.2. The Balaban J connectivity index is 2.05. The van der Waals surface area contributed by atoms with Gasteiger partial charge in [0.25, 0.3) is 11.7 Å². The van der Waals surface area contributed by atoms with Crippen LogP contribution in [0.15, 0.2) is 66.8 Å². The highest BCUT2D eigenvalue weighted by atomic mass is 35.5. The summed E-state index contributed by atoms with van der Waals surface area (Å²) in [5, 5.41) is 11.6. The molecule has 0 radical (unpaired) electrons. The maximum Gasteiger partial charge on any atom is 0.295 e. The van der Waals surface area contributed by atoms with Crippen molar-refractivity contribution in [3.05, 3.63) is 82.9 Å². The molecule has 1 fully saturated rings. The van der Waals surface area contributed by atoms with Gasteiger partial charge in [-0.25, -0.2) is 0 Å². The van der Waals surface area contributed by atoms with Gasteiger partial charge in [0.1, 0.15) is 18.1 Å². The van der Waals surface area contributed by atoms with Gasteiger partial charge >= 0.3 is 0 Å². The summed E-state index contributed by atoms with van der Waals surface area (Å²) in [4.78, 5) is 29.2. The van der Waals surface area contributed by atoms with E-state index < -0.39 is 17.7 Å². The number of nitrogens with zero attached hydrogens (tertiary/aromatic N) is 2. The third-order valence-electron chi connectivity index (χ3n) is 5.01. The monoisotopic (exact) mass is 440 g/mol. The molecule has 0 saturated carbocycles. The maximum absolute atomic E-state index is 12.9. The number of Topliss-reactive ketones (excluding diaryl/α,β-unsaturated/α-hetero) is 1. The van der Waals surface area contributed by atoms with Crippen LogP contribution in [0.4, 0.5) is 0 Å². The summed E-state index contributed by atoms with van der Waals surface area (Å²) in [7, 11) is 3.79. The van der Waals surface area contributed by atoms with Crippen molar-refractivity contribution in [1.82, 2.24) is 9.80 Å². The molecular formula is C24H25ClN2O4. The van der Waals surface area contributed by atoms with Gasteiger partial charge in [-0.3, -0.25) is 9.59 Å². The number of ketones is 1. The zero-order valence-electron chi connectivity index (χ0n) is 17.5. The fourth-order valence-electron chi connectivity index (χ4n) is 3.43. The molecule has 3 rings (SSSR count). The SMILES string of the molecule is C=CCOc1ccc(/C(O)=C2\C(=O)C(=O)N(CCN(C)C)[C@H]2c2ccc(Cl)cc2)cc1. The standard InChI is InChI=1S/C24H25ClN2O4/c1-4-15-31-19-11-7-17(8-12-19)22(28)20-21(16-5-9-18(25)10-6-16)27(14-13-26(2)3)24(30)23(20)29/h4-12,21,28H,1,13-15H2,2-3H3/b22-20+/t21-/m0/s1. The van der Waals surface area contributed by atoms with Crippen LogP contribution in [0, 0.1) is 0 Å². The lowest BCUT2D eigenvalue weighted by Crippen LogP contribution is -2.35. The Kier molecular flexibility index (Phi) is 7.15. The molecule has 2 aromatic rings. The molecule has 0 aliphatic carbocycles. The lowest BCUT2D eigenvalue weighted by Gasteiger charge is -2.26. The number of hydrogen-bond donors (Lipinski definition) is 1. The van der Waals surface area contributed by atoms with E-state index in [0.29, 0.717) is 41.6 Å². The fourth-order valence-corrected chi connectivity index (χ4v) is 3.56. The number of aliphatic hydroxyl groups excluding tert-OH is 1. The van der Waals surface area contributed by atoms with Crippen molar-refractivity contribution in [1.29, 1.82) is 0 Å². The van der Waals surface area contributed by atoms with Crippen LogP contribution < -0.4 is 4.74 Å². The maximum atomic E-state index is 12.9. The van der Waals surface area contributed by atoms with Crippen LogP contribution in [0.2, 0.25) is 5.02 Å². The van der Waals surface area contributed by atoms with E-state index in [1.54, 1.807) is 54.6 Å². The second-order valence-corrected chi connectivity index (χ2v) is 7.91. The van der Waals surface area contributed by atoms with Gasteiger partial charge in [0.05, 0.1) is 11.6 Å². The molecule has 1 aliphatic heterocycles. The summed E-state index contributed by atoms with van der Waals surface area (Å²) >= 11 is 6.03. The number of amides is 1. The molecule has 31 heavy (non-hydrogen) atoms. The Morgan fingerprint density at radius 2 is 1.81 bits per heavy atom. The van der Waals surface area contributed by atoms with Crippen LogP contribution in [0.5, 0.6) is 5.75 Å². The van der Waals surface area contributed by atoms with Crippen molar-refractivity contribution < 1.29 is 19.4 Å². The van der Waals surface area contributed by atoms with Crippen molar-refractivity contribution >= 4 is 29.1 Å². The topological polar surface area (TPSA) is 70.1 Å². The zero-order valence-corrected chi connectivity index (χ0v) is 18.3. The van der Waals surface area contributed by atoms with Gasteiger partial charge in [-0.15, -0.1) is 0 Å². The fraction of sp³-hybridized carbons (Fsp3) is 0.250. The predicted octanol–water partition coefficient (Wildman–Crippen LogP) is 3.89. The first-order chi connectivity index (χ1) is 14.8. The van der Waals surface area contributed by atoms with Crippen LogP contribution in [-0.2, 0) is 9.59 Å². The van der Waals surface area contributed by atoms with Crippen LogP contribution >= 0.6 is 11.6 Å². The summed E-state index contributed by atoms with van der Waals surface area (Å²) in [5.74, 6) is -0.949. The molecule has 0 unspecified atom stereocenters. The summed E-state index contributed by atoms with van der Waals surface area (Å²) < 4.78 is 5.46. The van der Waals surface area contributed by atoms with Gasteiger partial charge in [0.2, 0.25) is 0 Å². The molecule has 0 aromatic heterocycles. The number of carbonyl (C=O) groups is 2. The van der Waals surface area contributed by atoms with Crippen molar-refractivity contribution in [2.24, 2.45) is 0 Å². The van der Waals surface area contributed by atoms with E-state index in [4.69, 9.17) is 16.3 Å². The highest BCUT2D eigenvalue weighted by Crippen LogP contribution is 2.39. The minimum absolute atomic E-state index is 0.0610. The number of aliphatic hydroxyl groups is 1. The van der Waals surface area contributed by atoms with Crippen molar-refractivity contribution in [2.45, 2.75) is 6.04 Å². The Bertz CT molecular complexity index is 997. The van der Waals surface area contributed by atoms with Gasteiger partial charge in [-0.05, 0) is 56.1 Å². The van der Waals surface area contributed by atoms with Crippen LogP contribution in [0.1, 0.15) is 17.2 Å². The second kappa shape index (κ2) is 9.81. The smallest absolute Gasteiger partial charge is 0.295 e. The van der Waals surface area contributed by atoms with Gasteiger partial charge < -0.3 is 19.6 Å². The highest BCUT2D eigenvalue weighted by molar-refractivity contribution is 6.46. The summed E-state index contributed by atoms with van der Waals surface area (Å²) in [6.45, 7) is 4.89. The van der Waals surface area contributed by atoms with E-state index in [0.717, 1.165) is 0 Å². The molecular weight excluding hydrogens is 416 g/mol. The lowest BCUT2D eigenvalue weighted by molar-refractivity contribution is -0.140. The third-order valence-corrected chi connectivity index (χ3v) is 5.26. The summed E-state index contributed by atoms with van der Waals surface area (Å²) in [6, 6.07) is 12.9. The van der Waals surface area contributed by atoms with Gasteiger partial charge in [0.15, 0.2) is 0 Å². The van der Waals surface area contributed by atoms with E-state index >= 15 is 0 Å². The van der Waals surface area contributed by atoms with Crippen LogP contribution in [-0.4, -0.2) is 60.4 Å². The second-order valence-electron chi connectivity index (χ2n) is 7.47. The van der Waals surface area contributed by atoms with E-state index in [9.17, 15) is 14.7 Å². The molecule has 0 bridgehead atoms. The van der Waals surface area contributed by atoms with E-state index in [-0.39, 0.29) is 11.3 Å². The number of benzene rings is 2. The zero-order chi connectivity index (χ0) is 22.5. The number of halogens is 1. The van der Waals surface area contributed by atoms with Gasteiger partial charge in [0, 0.05) is 23.7 Å².